The van der Waals surface area contributed by atoms with Gasteiger partial charge in [-0.05, 0) is 37.3 Å². The highest BCUT2D eigenvalue weighted by Crippen LogP contribution is 2.11. The maximum atomic E-state index is 12.0. The Labute approximate surface area is 127 Å². The van der Waals surface area contributed by atoms with Crippen LogP contribution in [0.25, 0.3) is 5.65 Å². The van der Waals surface area contributed by atoms with Crippen LogP contribution < -0.4 is 5.32 Å². The molecule has 0 bridgehead atoms. The second-order valence-corrected chi connectivity index (χ2v) is 5.26. The second-order valence-electron chi connectivity index (χ2n) is 4.82. The Balaban J connectivity index is 1.74. The lowest BCUT2D eigenvalue weighted by Crippen LogP contribution is -2.22. The molecule has 5 heteroatoms. The van der Waals surface area contributed by atoms with Gasteiger partial charge in [0.2, 0.25) is 0 Å². The number of hydrogen-bond acceptors (Lipinski definition) is 2. The zero-order valence-electron chi connectivity index (χ0n) is 11.5. The van der Waals surface area contributed by atoms with Crippen LogP contribution in [0.15, 0.2) is 48.7 Å². The number of rotatable bonds is 3. The van der Waals surface area contributed by atoms with Crippen molar-refractivity contribution in [3.63, 3.8) is 0 Å². The van der Waals surface area contributed by atoms with Gasteiger partial charge in [-0.1, -0.05) is 23.7 Å². The molecule has 106 valence electrons. The highest BCUT2D eigenvalue weighted by atomic mass is 35.5. The number of fused-ring (bicyclic) bond motifs is 1. The minimum Gasteiger partial charge on any atom is -0.346 e. The first kappa shape index (κ1) is 13.6. The second kappa shape index (κ2) is 5.58. The van der Waals surface area contributed by atoms with Crippen molar-refractivity contribution in [2.24, 2.45) is 0 Å². The molecule has 0 aliphatic carbocycles. The van der Waals surface area contributed by atoms with Crippen molar-refractivity contribution in [1.82, 2.24) is 14.7 Å². The molecule has 2 aromatic heterocycles. The summed E-state index contributed by atoms with van der Waals surface area (Å²) in [6, 6.07) is 12.8. The topological polar surface area (TPSA) is 46.4 Å². The Morgan fingerprint density at radius 3 is 2.86 bits per heavy atom. The van der Waals surface area contributed by atoms with Crippen LogP contribution in [0, 0.1) is 6.92 Å². The van der Waals surface area contributed by atoms with Gasteiger partial charge in [-0.25, -0.2) is 4.98 Å². The van der Waals surface area contributed by atoms with Crippen molar-refractivity contribution < 1.29 is 4.79 Å². The van der Waals surface area contributed by atoms with Gasteiger partial charge in [0.25, 0.3) is 5.91 Å². The predicted octanol–water partition coefficient (Wildman–Crippen LogP) is 3.23. The van der Waals surface area contributed by atoms with Crippen molar-refractivity contribution in [1.29, 1.82) is 0 Å². The van der Waals surface area contributed by atoms with Gasteiger partial charge in [0.05, 0.1) is 12.2 Å². The molecular weight excluding hydrogens is 286 g/mol. The number of aromatic nitrogens is 2. The first-order valence-corrected chi connectivity index (χ1v) is 6.98. The fourth-order valence-electron chi connectivity index (χ4n) is 2.19. The molecule has 0 unspecified atom stereocenters. The quantitative estimate of drug-likeness (QED) is 0.807. The van der Waals surface area contributed by atoms with Crippen LogP contribution in [0.4, 0.5) is 0 Å². The Hall–Kier alpha value is -2.33. The van der Waals surface area contributed by atoms with Gasteiger partial charge in [-0.3, -0.25) is 4.79 Å². The molecule has 1 N–H and O–H groups in total. The minimum absolute atomic E-state index is 0.161. The largest absolute Gasteiger partial charge is 0.346 e. The third-order valence-corrected chi connectivity index (χ3v) is 3.50. The third-order valence-electron chi connectivity index (χ3n) is 3.26. The van der Waals surface area contributed by atoms with E-state index >= 15 is 0 Å². The molecule has 0 saturated heterocycles. The smallest absolute Gasteiger partial charge is 0.251 e. The summed E-state index contributed by atoms with van der Waals surface area (Å²) in [4.78, 5) is 16.5. The van der Waals surface area contributed by atoms with Crippen LogP contribution in [-0.2, 0) is 6.54 Å². The molecule has 1 aromatic carbocycles. The highest BCUT2D eigenvalue weighted by Gasteiger charge is 2.08. The normalized spacial score (nSPS) is 10.8. The molecule has 0 saturated carbocycles. The Bertz CT molecular complexity index is 810. The molecule has 21 heavy (non-hydrogen) atoms. The van der Waals surface area contributed by atoms with Crippen molar-refractivity contribution in [3.8, 4) is 0 Å². The average molecular weight is 300 g/mol. The third kappa shape index (κ3) is 2.90. The fourth-order valence-corrected chi connectivity index (χ4v) is 2.38. The van der Waals surface area contributed by atoms with Crippen LogP contribution >= 0.6 is 11.6 Å². The number of benzene rings is 1. The first-order chi connectivity index (χ1) is 10.1. The molecule has 3 rings (SSSR count). The number of aryl methyl sites for hydroxylation is 1. The molecule has 1 amide bonds. The maximum Gasteiger partial charge on any atom is 0.251 e. The van der Waals surface area contributed by atoms with Crippen LogP contribution in [0.2, 0.25) is 5.02 Å². The molecule has 0 spiro atoms. The van der Waals surface area contributed by atoms with E-state index in [-0.39, 0.29) is 5.91 Å². The zero-order valence-corrected chi connectivity index (χ0v) is 12.3. The summed E-state index contributed by atoms with van der Waals surface area (Å²) in [6.07, 6.45) is 1.93. The lowest BCUT2D eigenvalue weighted by atomic mass is 10.2. The van der Waals surface area contributed by atoms with Crippen LogP contribution in [0.3, 0.4) is 0 Å². The summed E-state index contributed by atoms with van der Waals surface area (Å²) in [5.74, 6) is -0.161. The Kier molecular flexibility index (Phi) is 3.62. The molecule has 0 aliphatic heterocycles. The van der Waals surface area contributed by atoms with E-state index in [9.17, 15) is 4.79 Å². The van der Waals surface area contributed by atoms with Gasteiger partial charge >= 0.3 is 0 Å². The van der Waals surface area contributed by atoms with E-state index in [1.54, 1.807) is 24.3 Å². The minimum atomic E-state index is -0.161. The number of carbonyl (C=O) groups excluding carboxylic acids is 1. The molecular formula is C16H14ClN3O. The maximum absolute atomic E-state index is 12.0. The number of hydrogen-bond donors (Lipinski definition) is 1. The van der Waals surface area contributed by atoms with Crippen LogP contribution in [0.5, 0.6) is 0 Å². The lowest BCUT2D eigenvalue weighted by Gasteiger charge is -2.03. The van der Waals surface area contributed by atoms with E-state index < -0.39 is 0 Å². The standard InChI is InChI=1S/C16H14ClN3O/c1-11-4-2-7-15-19-14(10-20(11)15)9-18-16(21)12-5-3-6-13(17)8-12/h2-8,10H,9H2,1H3,(H,18,21). The van der Waals surface area contributed by atoms with Crippen molar-refractivity contribution in [3.05, 3.63) is 70.6 Å². The van der Waals surface area contributed by atoms with Gasteiger partial charge < -0.3 is 9.72 Å². The van der Waals surface area contributed by atoms with E-state index in [4.69, 9.17) is 11.6 Å². The SMILES string of the molecule is Cc1cccc2nc(CNC(=O)c3cccc(Cl)c3)cn12. The van der Waals surface area contributed by atoms with E-state index in [0.717, 1.165) is 17.0 Å². The molecule has 2 heterocycles. The van der Waals surface area contributed by atoms with Gasteiger partial charge in [0.15, 0.2) is 0 Å². The summed E-state index contributed by atoms with van der Waals surface area (Å²) < 4.78 is 2.00. The van der Waals surface area contributed by atoms with Crippen molar-refractivity contribution in [2.45, 2.75) is 13.5 Å². The fraction of sp³-hybridized carbons (Fsp3) is 0.125. The van der Waals surface area contributed by atoms with E-state index in [1.165, 1.54) is 0 Å². The molecule has 0 atom stereocenters. The Morgan fingerprint density at radius 2 is 2.10 bits per heavy atom. The zero-order chi connectivity index (χ0) is 14.8. The number of carbonyl (C=O) groups is 1. The van der Waals surface area contributed by atoms with Gasteiger partial charge in [-0.15, -0.1) is 0 Å². The summed E-state index contributed by atoms with van der Waals surface area (Å²) in [6.45, 7) is 2.40. The monoisotopic (exact) mass is 299 g/mol. The van der Waals surface area contributed by atoms with Gasteiger partial charge in [0.1, 0.15) is 5.65 Å². The molecule has 0 fully saturated rings. The summed E-state index contributed by atoms with van der Waals surface area (Å²) >= 11 is 5.88. The number of halogens is 1. The molecule has 3 aromatic rings. The molecule has 4 nitrogen and oxygen atoms in total. The average Bonchev–Trinajstić information content (AvgIpc) is 2.89. The first-order valence-electron chi connectivity index (χ1n) is 6.61. The van der Waals surface area contributed by atoms with E-state index in [1.807, 2.05) is 35.7 Å². The molecule has 0 aliphatic rings. The number of imidazole rings is 1. The number of nitrogens with zero attached hydrogens (tertiary/aromatic N) is 2. The summed E-state index contributed by atoms with van der Waals surface area (Å²) in [5.41, 5.74) is 3.34. The van der Waals surface area contributed by atoms with E-state index in [0.29, 0.717) is 17.1 Å². The lowest BCUT2D eigenvalue weighted by molar-refractivity contribution is 0.0950. The number of amides is 1. The van der Waals surface area contributed by atoms with E-state index in [2.05, 4.69) is 10.3 Å². The summed E-state index contributed by atoms with van der Waals surface area (Å²) in [5, 5.41) is 3.40. The molecule has 0 radical (unpaired) electrons. The van der Waals surface area contributed by atoms with Crippen molar-refractivity contribution >= 4 is 23.2 Å². The Morgan fingerprint density at radius 1 is 1.29 bits per heavy atom. The summed E-state index contributed by atoms with van der Waals surface area (Å²) in [7, 11) is 0. The van der Waals surface area contributed by atoms with Crippen LogP contribution in [0.1, 0.15) is 21.7 Å². The predicted molar refractivity (Wildman–Crippen MR) is 82.6 cm³/mol. The van der Waals surface area contributed by atoms with Crippen molar-refractivity contribution in [2.75, 3.05) is 0 Å². The number of pyridine rings is 1. The highest BCUT2D eigenvalue weighted by molar-refractivity contribution is 6.30. The van der Waals surface area contributed by atoms with Crippen LogP contribution in [-0.4, -0.2) is 15.3 Å². The van der Waals surface area contributed by atoms with Gasteiger partial charge in [-0.2, -0.15) is 0 Å². The van der Waals surface area contributed by atoms with Gasteiger partial charge in [0, 0.05) is 22.5 Å². The number of nitrogens with one attached hydrogen (secondary N) is 1.